The Morgan fingerprint density at radius 2 is 0.439 bits per heavy atom. The number of carbonyl (C=O) groups excluding carboxylic acids is 3. The van der Waals surface area contributed by atoms with Gasteiger partial charge in [-0.25, -0.2) is 0 Å². The number of carbonyl (C=O) groups is 3. The average molecular weight is 1150 g/mol. The summed E-state index contributed by atoms with van der Waals surface area (Å²) in [5.41, 5.74) is 0. The maximum atomic E-state index is 12.9. The summed E-state index contributed by atoms with van der Waals surface area (Å²) in [6, 6.07) is 0. The number of allylic oxidation sites excluding steroid dienone is 8. The molecule has 0 saturated carbocycles. The summed E-state index contributed by atoms with van der Waals surface area (Å²) >= 11 is 0. The zero-order valence-electron chi connectivity index (χ0n) is 55.3. The van der Waals surface area contributed by atoms with E-state index in [1.165, 1.54) is 283 Å². The van der Waals surface area contributed by atoms with E-state index in [-0.39, 0.29) is 31.1 Å². The topological polar surface area (TPSA) is 78.9 Å². The van der Waals surface area contributed by atoms with E-state index in [0.717, 1.165) is 77.0 Å². The van der Waals surface area contributed by atoms with E-state index in [1.54, 1.807) is 0 Å². The van der Waals surface area contributed by atoms with Crippen LogP contribution in [0.2, 0.25) is 0 Å². The van der Waals surface area contributed by atoms with Gasteiger partial charge >= 0.3 is 17.9 Å². The fourth-order valence-corrected chi connectivity index (χ4v) is 11.0. The Balaban J connectivity index is 4.15. The van der Waals surface area contributed by atoms with Crippen LogP contribution in [0.3, 0.4) is 0 Å². The lowest BCUT2D eigenvalue weighted by atomic mass is 10.0. The van der Waals surface area contributed by atoms with Gasteiger partial charge in [0.25, 0.3) is 0 Å². The van der Waals surface area contributed by atoms with E-state index in [4.69, 9.17) is 14.2 Å². The molecule has 1 atom stereocenters. The average Bonchev–Trinajstić information content (AvgIpc) is 3.47. The molecule has 0 aliphatic carbocycles. The van der Waals surface area contributed by atoms with E-state index in [2.05, 4.69) is 69.4 Å². The maximum Gasteiger partial charge on any atom is 0.306 e. The monoisotopic (exact) mass is 1150 g/mol. The summed E-state index contributed by atoms with van der Waals surface area (Å²) in [5, 5.41) is 0. The van der Waals surface area contributed by atoms with Crippen molar-refractivity contribution >= 4 is 17.9 Å². The molecular formula is C76H140O6. The zero-order chi connectivity index (χ0) is 59.2. The molecule has 82 heavy (non-hydrogen) atoms. The number of unbranched alkanes of at least 4 members (excludes halogenated alkanes) is 49. The second kappa shape index (κ2) is 70.9. The first-order valence-electron chi connectivity index (χ1n) is 36.6. The highest BCUT2D eigenvalue weighted by Gasteiger charge is 2.19. The number of hydrogen-bond donors (Lipinski definition) is 0. The zero-order valence-corrected chi connectivity index (χ0v) is 55.3. The molecule has 0 bridgehead atoms. The van der Waals surface area contributed by atoms with Crippen molar-refractivity contribution in [1.82, 2.24) is 0 Å². The molecule has 0 aliphatic heterocycles. The van der Waals surface area contributed by atoms with E-state index < -0.39 is 6.10 Å². The van der Waals surface area contributed by atoms with E-state index >= 15 is 0 Å². The molecule has 0 aromatic carbocycles. The van der Waals surface area contributed by atoms with Gasteiger partial charge in [0.05, 0.1) is 0 Å². The number of esters is 3. The van der Waals surface area contributed by atoms with Crippen LogP contribution in [0, 0.1) is 0 Å². The number of hydrogen-bond acceptors (Lipinski definition) is 6. The first-order chi connectivity index (χ1) is 40.5. The minimum Gasteiger partial charge on any atom is -0.462 e. The molecule has 0 aromatic rings. The second-order valence-corrected chi connectivity index (χ2v) is 24.9. The molecule has 0 saturated heterocycles. The van der Waals surface area contributed by atoms with Crippen molar-refractivity contribution < 1.29 is 28.6 Å². The standard InChI is InChI=1S/C76H140O6/c1-4-7-10-13-16-19-22-25-28-30-31-32-33-34-35-36-37-38-39-40-41-42-43-44-45-46-49-51-54-57-60-63-66-69-75(78)81-72-73(71-80-74(77)68-65-62-59-56-53-50-47-27-24-21-18-15-12-9-6-3)82-76(79)70-67-64-61-58-55-52-48-29-26-23-20-17-14-11-8-5-2/h22,25,27,30-31,33-34,47,73H,4-21,23-24,26,28-29,32,35-46,48-72H2,1-3H3/b25-22-,31-30-,34-33-,47-27-. The van der Waals surface area contributed by atoms with Crippen LogP contribution in [0.15, 0.2) is 48.6 Å². The van der Waals surface area contributed by atoms with Gasteiger partial charge in [-0.2, -0.15) is 0 Å². The predicted molar refractivity (Wildman–Crippen MR) is 358 cm³/mol. The van der Waals surface area contributed by atoms with E-state index in [1.807, 2.05) is 0 Å². The van der Waals surface area contributed by atoms with Crippen LogP contribution >= 0.6 is 0 Å². The molecule has 0 amide bonds. The molecule has 0 fully saturated rings. The number of ether oxygens (including phenoxy) is 3. The van der Waals surface area contributed by atoms with Gasteiger partial charge in [0.15, 0.2) is 6.10 Å². The van der Waals surface area contributed by atoms with Crippen LogP contribution in [-0.4, -0.2) is 37.2 Å². The van der Waals surface area contributed by atoms with Crippen molar-refractivity contribution in [3.63, 3.8) is 0 Å². The lowest BCUT2D eigenvalue weighted by Crippen LogP contribution is -2.30. The van der Waals surface area contributed by atoms with Crippen LogP contribution in [0.4, 0.5) is 0 Å². The smallest absolute Gasteiger partial charge is 0.306 e. The molecule has 1 unspecified atom stereocenters. The Morgan fingerprint density at radius 1 is 0.244 bits per heavy atom. The van der Waals surface area contributed by atoms with Crippen molar-refractivity contribution in [2.45, 2.75) is 406 Å². The third kappa shape index (κ3) is 68.2. The van der Waals surface area contributed by atoms with Gasteiger partial charge in [-0.1, -0.05) is 345 Å². The molecule has 480 valence electrons. The van der Waals surface area contributed by atoms with Crippen LogP contribution in [0.5, 0.6) is 0 Å². The molecule has 0 aromatic heterocycles. The third-order valence-corrected chi connectivity index (χ3v) is 16.6. The first-order valence-corrected chi connectivity index (χ1v) is 36.6. The minimum atomic E-state index is -0.774. The van der Waals surface area contributed by atoms with Gasteiger partial charge < -0.3 is 14.2 Å². The van der Waals surface area contributed by atoms with Crippen LogP contribution in [-0.2, 0) is 28.6 Å². The normalized spacial score (nSPS) is 12.3. The van der Waals surface area contributed by atoms with Crippen LogP contribution < -0.4 is 0 Å². The molecule has 6 heteroatoms. The Hall–Kier alpha value is -2.63. The van der Waals surface area contributed by atoms with Gasteiger partial charge in [-0.15, -0.1) is 0 Å². The van der Waals surface area contributed by atoms with Gasteiger partial charge in [0.2, 0.25) is 0 Å². The fourth-order valence-electron chi connectivity index (χ4n) is 11.0. The van der Waals surface area contributed by atoms with Crippen molar-refractivity contribution in [1.29, 1.82) is 0 Å². The minimum absolute atomic E-state index is 0.0697. The highest BCUT2D eigenvalue weighted by molar-refractivity contribution is 5.71. The lowest BCUT2D eigenvalue weighted by Gasteiger charge is -2.18. The molecule has 6 nitrogen and oxygen atoms in total. The SMILES string of the molecule is CCCCCCC/C=C\C/C=C\C/C=C\CCCCCCCCCCCCCCCCCCCCC(=O)OCC(COC(=O)CCCCCCC/C=C\CCCCCCCC)OC(=O)CCCCCCCCCCCCCCCCCC. The van der Waals surface area contributed by atoms with Crippen LogP contribution in [0.1, 0.15) is 400 Å². The summed E-state index contributed by atoms with van der Waals surface area (Å²) in [4.78, 5) is 38.4. The van der Waals surface area contributed by atoms with Crippen LogP contribution in [0.25, 0.3) is 0 Å². The highest BCUT2D eigenvalue weighted by atomic mass is 16.6. The van der Waals surface area contributed by atoms with E-state index in [9.17, 15) is 14.4 Å². The molecule has 0 radical (unpaired) electrons. The molecular weight excluding hydrogens is 1010 g/mol. The Kier molecular flexibility index (Phi) is 68.6. The van der Waals surface area contributed by atoms with E-state index in [0.29, 0.717) is 19.3 Å². The maximum absolute atomic E-state index is 12.9. The van der Waals surface area contributed by atoms with Gasteiger partial charge in [-0.3, -0.25) is 14.4 Å². The Labute approximate surface area is 511 Å². The van der Waals surface area contributed by atoms with Crippen molar-refractivity contribution in [3.05, 3.63) is 48.6 Å². The lowest BCUT2D eigenvalue weighted by molar-refractivity contribution is -0.167. The molecule has 0 aliphatic rings. The summed E-state index contributed by atoms with van der Waals surface area (Å²) < 4.78 is 17.0. The van der Waals surface area contributed by atoms with Gasteiger partial charge in [0.1, 0.15) is 13.2 Å². The number of rotatable bonds is 68. The predicted octanol–water partition coefficient (Wildman–Crippen LogP) is 25.3. The molecule has 0 N–H and O–H groups in total. The largest absolute Gasteiger partial charge is 0.462 e. The Bertz CT molecular complexity index is 1410. The molecule has 0 rings (SSSR count). The van der Waals surface area contributed by atoms with Crippen molar-refractivity contribution in [3.8, 4) is 0 Å². The molecule has 0 spiro atoms. The fraction of sp³-hybridized carbons (Fsp3) is 0.855. The summed E-state index contributed by atoms with van der Waals surface area (Å²) in [7, 11) is 0. The van der Waals surface area contributed by atoms with Gasteiger partial charge in [0, 0.05) is 19.3 Å². The quantitative estimate of drug-likeness (QED) is 0.0261. The second-order valence-electron chi connectivity index (χ2n) is 24.9. The van der Waals surface area contributed by atoms with Crippen molar-refractivity contribution in [2.24, 2.45) is 0 Å². The molecule has 0 heterocycles. The Morgan fingerprint density at radius 3 is 0.695 bits per heavy atom. The first kappa shape index (κ1) is 79.4. The summed E-state index contributed by atoms with van der Waals surface area (Å²) in [6.45, 7) is 6.69. The van der Waals surface area contributed by atoms with Crippen molar-refractivity contribution in [2.75, 3.05) is 13.2 Å². The summed E-state index contributed by atoms with van der Waals surface area (Å²) in [6.07, 6.45) is 90.1. The van der Waals surface area contributed by atoms with Gasteiger partial charge in [-0.05, 0) is 83.5 Å². The summed E-state index contributed by atoms with van der Waals surface area (Å²) in [5.74, 6) is -0.849. The highest BCUT2D eigenvalue weighted by Crippen LogP contribution is 2.18. The third-order valence-electron chi connectivity index (χ3n) is 16.6.